The summed E-state index contributed by atoms with van der Waals surface area (Å²) in [6.07, 6.45) is -9.13. The van der Waals surface area contributed by atoms with E-state index >= 15 is 0 Å². The van der Waals surface area contributed by atoms with Crippen molar-refractivity contribution < 1.29 is 57.9 Å². The van der Waals surface area contributed by atoms with E-state index in [0.717, 1.165) is 60.7 Å². The lowest BCUT2D eigenvalue weighted by Crippen LogP contribution is -2.15. The molecule has 0 aromatic heterocycles. The minimum atomic E-state index is -4.63. The van der Waals surface area contributed by atoms with Gasteiger partial charge in [0.2, 0.25) is 0 Å². The van der Waals surface area contributed by atoms with E-state index in [1.807, 2.05) is 0 Å². The second kappa shape index (κ2) is 16.2. The van der Waals surface area contributed by atoms with Gasteiger partial charge >= 0.3 is 12.4 Å². The summed E-state index contributed by atoms with van der Waals surface area (Å²) >= 11 is 0. The van der Waals surface area contributed by atoms with Crippen LogP contribution in [0.4, 0.5) is 59.7 Å². The molecule has 282 valence electrons. The topological polar surface area (TPSA) is 58.2 Å². The molecular weight excluding hydrogens is 749 g/mol. The van der Waals surface area contributed by atoms with Crippen molar-refractivity contribution in [2.75, 3.05) is 10.6 Å². The van der Waals surface area contributed by atoms with Crippen molar-refractivity contribution in [3.63, 3.8) is 0 Å². The number of amides is 2. The zero-order valence-corrected chi connectivity index (χ0v) is 27.6. The van der Waals surface area contributed by atoms with Gasteiger partial charge in [-0.2, -0.15) is 26.3 Å². The zero-order valence-electron chi connectivity index (χ0n) is 27.6. The van der Waals surface area contributed by atoms with E-state index in [-0.39, 0.29) is 28.1 Å². The molecule has 0 radical (unpaired) electrons. The van der Waals surface area contributed by atoms with E-state index in [0.29, 0.717) is 5.56 Å². The van der Waals surface area contributed by atoms with Crippen LogP contribution >= 0.6 is 0 Å². The van der Waals surface area contributed by atoms with Crippen molar-refractivity contribution in [2.45, 2.75) is 12.4 Å². The molecule has 6 aromatic rings. The summed E-state index contributed by atoms with van der Waals surface area (Å²) in [4.78, 5) is 24.1. The van der Waals surface area contributed by atoms with Gasteiger partial charge in [-0.05, 0) is 89.0 Å². The molecule has 0 saturated heterocycles. The maximum absolute atomic E-state index is 14.4. The zero-order chi connectivity index (χ0) is 40.1. The summed E-state index contributed by atoms with van der Waals surface area (Å²) < 4.78 is 147. The molecular formula is C40H23F11N2O2. The van der Waals surface area contributed by atoms with E-state index in [4.69, 9.17) is 0 Å². The molecule has 0 unspecified atom stereocenters. The standard InChI is InChI=1S/C20H11F6NO.C20H12F5NO/c21-15-7-3-5-13(18(15)23)19(28)27-17-9-8-11(10-16(17)22)12-4-1-2-6-14(12)20(24,25)26;21-13-7-10-18(22)16(11-13)19(27)26-14-8-5-12(6-9-14)15-3-1-2-4-17(15)20(23,24)25/h1-10H,(H,27,28);1-11H,(H,26,27). The Kier molecular flexibility index (Phi) is 11.7. The Morgan fingerprint density at radius 1 is 0.455 bits per heavy atom. The number of alkyl halides is 6. The number of carbonyl (C=O) groups is 2. The fourth-order valence-electron chi connectivity index (χ4n) is 5.22. The first-order valence-corrected chi connectivity index (χ1v) is 15.7. The minimum absolute atomic E-state index is 0.000878. The maximum Gasteiger partial charge on any atom is 0.417 e. The van der Waals surface area contributed by atoms with E-state index < -0.39 is 75.5 Å². The van der Waals surface area contributed by atoms with Gasteiger partial charge in [0.1, 0.15) is 17.5 Å². The van der Waals surface area contributed by atoms with Crippen LogP contribution in [0, 0.1) is 29.1 Å². The molecule has 0 spiro atoms. The van der Waals surface area contributed by atoms with Crippen molar-refractivity contribution in [2.24, 2.45) is 0 Å². The quantitative estimate of drug-likeness (QED) is 0.166. The summed E-state index contributed by atoms with van der Waals surface area (Å²) in [5.74, 6) is -7.27. The lowest BCUT2D eigenvalue weighted by Gasteiger charge is -2.14. The molecule has 2 N–H and O–H groups in total. The third-order valence-corrected chi connectivity index (χ3v) is 7.82. The first-order valence-electron chi connectivity index (χ1n) is 15.7. The number of carbonyl (C=O) groups excluding carboxylic acids is 2. The predicted molar refractivity (Wildman–Crippen MR) is 182 cm³/mol. The highest BCUT2D eigenvalue weighted by molar-refractivity contribution is 6.05. The van der Waals surface area contributed by atoms with Gasteiger partial charge in [-0.15, -0.1) is 0 Å². The molecule has 15 heteroatoms. The monoisotopic (exact) mass is 772 g/mol. The van der Waals surface area contributed by atoms with Crippen LogP contribution in [-0.4, -0.2) is 11.8 Å². The Bertz CT molecular complexity index is 2360. The molecule has 0 saturated carbocycles. The van der Waals surface area contributed by atoms with E-state index in [1.165, 1.54) is 66.7 Å². The number of anilines is 2. The van der Waals surface area contributed by atoms with Gasteiger partial charge in [0, 0.05) is 5.69 Å². The van der Waals surface area contributed by atoms with Crippen LogP contribution in [0.3, 0.4) is 0 Å². The molecule has 0 bridgehead atoms. The normalized spacial score (nSPS) is 11.3. The number of rotatable bonds is 6. The fourth-order valence-corrected chi connectivity index (χ4v) is 5.22. The van der Waals surface area contributed by atoms with Crippen molar-refractivity contribution in [3.8, 4) is 22.3 Å². The summed E-state index contributed by atoms with van der Waals surface area (Å²) in [7, 11) is 0. The second-order valence-electron chi connectivity index (χ2n) is 11.5. The number of nitrogens with one attached hydrogen (secondary N) is 2. The molecule has 0 aliphatic heterocycles. The lowest BCUT2D eigenvalue weighted by atomic mass is 9.99. The molecule has 0 atom stereocenters. The van der Waals surface area contributed by atoms with Crippen LogP contribution in [0.5, 0.6) is 0 Å². The molecule has 0 aliphatic carbocycles. The average molecular weight is 773 g/mol. The van der Waals surface area contributed by atoms with Crippen LogP contribution < -0.4 is 10.6 Å². The van der Waals surface area contributed by atoms with Gasteiger partial charge in [0.15, 0.2) is 11.6 Å². The first-order chi connectivity index (χ1) is 25.9. The lowest BCUT2D eigenvalue weighted by molar-refractivity contribution is -0.137. The van der Waals surface area contributed by atoms with E-state index in [2.05, 4.69) is 10.6 Å². The van der Waals surface area contributed by atoms with Gasteiger partial charge < -0.3 is 10.6 Å². The third-order valence-electron chi connectivity index (χ3n) is 7.82. The van der Waals surface area contributed by atoms with Crippen molar-refractivity contribution in [1.29, 1.82) is 0 Å². The second-order valence-corrected chi connectivity index (χ2v) is 11.5. The molecule has 0 aliphatic rings. The number of hydrogen-bond donors (Lipinski definition) is 2. The first kappa shape index (κ1) is 39.7. The van der Waals surface area contributed by atoms with Crippen molar-refractivity contribution >= 4 is 23.2 Å². The minimum Gasteiger partial charge on any atom is -0.322 e. The highest BCUT2D eigenvalue weighted by atomic mass is 19.4. The Hall–Kier alpha value is -6.51. The fraction of sp³-hybridized carbons (Fsp3) is 0.0500. The molecule has 6 rings (SSSR count). The Morgan fingerprint density at radius 3 is 1.58 bits per heavy atom. The molecule has 0 fully saturated rings. The largest absolute Gasteiger partial charge is 0.417 e. The van der Waals surface area contributed by atoms with Crippen molar-refractivity contribution in [1.82, 2.24) is 0 Å². The van der Waals surface area contributed by atoms with Crippen LogP contribution in [0.15, 0.2) is 127 Å². The smallest absolute Gasteiger partial charge is 0.322 e. The van der Waals surface area contributed by atoms with Gasteiger partial charge in [-0.1, -0.05) is 60.7 Å². The SMILES string of the molecule is O=C(Nc1ccc(-c2ccccc2C(F)(F)F)cc1)c1cc(F)ccc1F.O=C(Nc1ccc(-c2ccccc2C(F)(F)F)cc1F)c1cccc(F)c1F. The van der Waals surface area contributed by atoms with Crippen LogP contribution in [0.2, 0.25) is 0 Å². The van der Waals surface area contributed by atoms with Gasteiger partial charge in [-0.3, -0.25) is 9.59 Å². The molecule has 2 amide bonds. The number of hydrogen-bond acceptors (Lipinski definition) is 2. The number of benzene rings is 6. The van der Waals surface area contributed by atoms with E-state index in [1.54, 1.807) is 0 Å². The predicted octanol–water partition coefficient (Wildman–Crippen LogP) is 11.9. The Balaban J connectivity index is 0.000000211. The summed E-state index contributed by atoms with van der Waals surface area (Å²) in [6.45, 7) is 0. The van der Waals surface area contributed by atoms with Gasteiger partial charge in [-0.25, -0.2) is 22.0 Å². The summed E-state index contributed by atoms with van der Waals surface area (Å²) in [5, 5.41) is 4.46. The van der Waals surface area contributed by atoms with Crippen molar-refractivity contribution in [3.05, 3.63) is 179 Å². The highest BCUT2D eigenvalue weighted by Crippen LogP contribution is 2.39. The van der Waals surface area contributed by atoms with Crippen LogP contribution in [-0.2, 0) is 12.4 Å². The highest BCUT2D eigenvalue weighted by Gasteiger charge is 2.34. The third kappa shape index (κ3) is 9.54. The summed E-state index contributed by atoms with van der Waals surface area (Å²) in [6, 6.07) is 23.8. The Morgan fingerprint density at radius 2 is 1.00 bits per heavy atom. The molecule has 4 nitrogen and oxygen atoms in total. The van der Waals surface area contributed by atoms with Crippen LogP contribution in [0.1, 0.15) is 31.8 Å². The molecule has 55 heavy (non-hydrogen) atoms. The Labute approximate surface area is 304 Å². The maximum atomic E-state index is 14.4. The molecule has 6 aromatic carbocycles. The summed E-state index contributed by atoms with van der Waals surface area (Å²) in [5.41, 5.74) is -2.96. The number of halogens is 11. The van der Waals surface area contributed by atoms with Crippen LogP contribution in [0.25, 0.3) is 22.3 Å². The van der Waals surface area contributed by atoms with E-state index in [9.17, 15) is 57.9 Å². The molecule has 0 heterocycles. The van der Waals surface area contributed by atoms with Gasteiger partial charge in [0.25, 0.3) is 11.8 Å². The van der Waals surface area contributed by atoms with Gasteiger partial charge in [0.05, 0.1) is 27.9 Å². The average Bonchev–Trinajstić information content (AvgIpc) is 3.14.